The average molecular weight is 475 g/mol. The second-order valence-corrected chi connectivity index (χ2v) is 8.24. The van der Waals surface area contributed by atoms with Crippen molar-refractivity contribution in [2.75, 3.05) is 16.8 Å². The van der Waals surface area contributed by atoms with Crippen LogP contribution in [0.2, 0.25) is 0 Å². The van der Waals surface area contributed by atoms with Gasteiger partial charge < -0.3 is 19.6 Å². The quantitative estimate of drug-likeness (QED) is 0.285. The Morgan fingerprint density at radius 1 is 1.14 bits per heavy atom. The van der Waals surface area contributed by atoms with E-state index in [1.807, 2.05) is 13.8 Å². The number of benzene rings is 2. The Kier molecular flexibility index (Phi) is 6.73. The van der Waals surface area contributed by atoms with E-state index in [4.69, 9.17) is 9.15 Å². The number of nitrogens with one attached hydrogen (secondary N) is 1. The molecule has 2 heterocycles. The Balaban J connectivity index is 1.82. The lowest BCUT2D eigenvalue weighted by atomic mass is 9.98. The van der Waals surface area contributed by atoms with Crippen molar-refractivity contribution in [1.82, 2.24) is 0 Å². The highest BCUT2D eigenvalue weighted by Crippen LogP contribution is 2.43. The highest BCUT2D eigenvalue weighted by molar-refractivity contribution is 6.51. The molecule has 0 radical (unpaired) electrons. The molecule has 1 atom stereocenters. The Labute approximate surface area is 202 Å². The molecule has 8 heteroatoms. The SMILES string of the molecule is CCCOc1ccc(/C(O)=C2/C(=O)C(=O)N(c3cccc(NC(C)=O)c3)C2c2ccco2)cc1C. The molecule has 1 fully saturated rings. The molecule has 180 valence electrons. The molecule has 2 N–H and O–H groups in total. The van der Waals surface area contributed by atoms with Crippen molar-refractivity contribution in [3.8, 4) is 5.75 Å². The van der Waals surface area contributed by atoms with Crippen LogP contribution in [-0.2, 0) is 14.4 Å². The third kappa shape index (κ3) is 4.68. The first-order valence-electron chi connectivity index (χ1n) is 11.3. The maximum Gasteiger partial charge on any atom is 0.300 e. The predicted molar refractivity (Wildman–Crippen MR) is 131 cm³/mol. The first-order valence-corrected chi connectivity index (χ1v) is 11.3. The number of aryl methyl sites for hydroxylation is 1. The normalized spacial score (nSPS) is 17.0. The highest BCUT2D eigenvalue weighted by atomic mass is 16.5. The number of amides is 2. The molecular weight excluding hydrogens is 448 g/mol. The van der Waals surface area contributed by atoms with E-state index in [2.05, 4.69) is 5.32 Å². The molecule has 35 heavy (non-hydrogen) atoms. The summed E-state index contributed by atoms with van der Waals surface area (Å²) < 4.78 is 11.3. The van der Waals surface area contributed by atoms with Gasteiger partial charge in [0, 0.05) is 23.9 Å². The van der Waals surface area contributed by atoms with Gasteiger partial charge in [-0.25, -0.2) is 0 Å². The summed E-state index contributed by atoms with van der Waals surface area (Å²) in [5.74, 6) is -1.23. The van der Waals surface area contributed by atoms with Crippen LogP contribution >= 0.6 is 0 Å². The molecule has 2 amide bonds. The summed E-state index contributed by atoms with van der Waals surface area (Å²) in [6, 6.07) is 14.0. The Hall–Kier alpha value is -4.33. The van der Waals surface area contributed by atoms with Crippen LogP contribution in [0.5, 0.6) is 5.75 Å². The van der Waals surface area contributed by atoms with Gasteiger partial charge in [-0.05, 0) is 67.4 Å². The summed E-state index contributed by atoms with van der Waals surface area (Å²) in [5.41, 5.74) is 1.92. The van der Waals surface area contributed by atoms with Crippen molar-refractivity contribution >= 4 is 34.7 Å². The molecule has 0 aliphatic carbocycles. The van der Waals surface area contributed by atoms with Crippen molar-refractivity contribution in [2.45, 2.75) is 33.2 Å². The summed E-state index contributed by atoms with van der Waals surface area (Å²) in [7, 11) is 0. The van der Waals surface area contributed by atoms with Crippen LogP contribution in [0.1, 0.15) is 43.2 Å². The maximum atomic E-state index is 13.2. The molecule has 1 unspecified atom stereocenters. The number of carbonyl (C=O) groups is 3. The number of hydrogen-bond donors (Lipinski definition) is 2. The highest BCUT2D eigenvalue weighted by Gasteiger charge is 2.48. The van der Waals surface area contributed by atoms with E-state index < -0.39 is 17.7 Å². The number of furan rings is 1. The van der Waals surface area contributed by atoms with Gasteiger partial charge in [-0.15, -0.1) is 0 Å². The van der Waals surface area contributed by atoms with Crippen molar-refractivity contribution in [3.63, 3.8) is 0 Å². The van der Waals surface area contributed by atoms with Crippen LogP contribution < -0.4 is 15.0 Å². The van der Waals surface area contributed by atoms with Crippen LogP contribution in [-0.4, -0.2) is 29.3 Å². The fourth-order valence-corrected chi connectivity index (χ4v) is 4.08. The minimum atomic E-state index is -0.992. The zero-order chi connectivity index (χ0) is 25.1. The van der Waals surface area contributed by atoms with E-state index in [1.54, 1.807) is 54.6 Å². The summed E-state index contributed by atoms with van der Waals surface area (Å²) in [6.45, 7) is 5.79. The molecule has 4 rings (SSSR count). The molecule has 0 bridgehead atoms. The van der Waals surface area contributed by atoms with E-state index in [1.165, 1.54) is 18.1 Å². The molecule has 1 aliphatic rings. The number of nitrogens with zero attached hydrogens (tertiary/aromatic N) is 1. The van der Waals surface area contributed by atoms with Gasteiger partial charge in [-0.3, -0.25) is 19.3 Å². The topological polar surface area (TPSA) is 109 Å². The monoisotopic (exact) mass is 474 g/mol. The fraction of sp³-hybridized carbons (Fsp3) is 0.222. The number of aliphatic hydroxyl groups excluding tert-OH is 1. The van der Waals surface area contributed by atoms with Crippen molar-refractivity contribution in [3.05, 3.63) is 83.3 Å². The van der Waals surface area contributed by atoms with Crippen molar-refractivity contribution in [1.29, 1.82) is 0 Å². The number of rotatable bonds is 7. The molecule has 0 spiro atoms. The number of carbonyl (C=O) groups excluding carboxylic acids is 3. The van der Waals surface area contributed by atoms with Gasteiger partial charge in [0.1, 0.15) is 23.3 Å². The van der Waals surface area contributed by atoms with Gasteiger partial charge >= 0.3 is 0 Å². The van der Waals surface area contributed by atoms with Gasteiger partial charge in [0.25, 0.3) is 11.7 Å². The van der Waals surface area contributed by atoms with E-state index in [-0.39, 0.29) is 17.2 Å². The number of anilines is 2. The number of aliphatic hydroxyl groups is 1. The Morgan fingerprint density at radius 2 is 1.94 bits per heavy atom. The minimum absolute atomic E-state index is 0.0866. The number of hydrogen-bond acceptors (Lipinski definition) is 6. The molecular formula is C27H26N2O6. The Bertz CT molecular complexity index is 1310. The molecule has 8 nitrogen and oxygen atoms in total. The largest absolute Gasteiger partial charge is 0.507 e. The van der Waals surface area contributed by atoms with Crippen molar-refractivity contribution in [2.24, 2.45) is 0 Å². The lowest BCUT2D eigenvalue weighted by molar-refractivity contribution is -0.132. The summed E-state index contributed by atoms with van der Waals surface area (Å²) >= 11 is 0. The standard InChI is InChI=1S/C27H26N2O6/c1-4-12-34-21-11-10-18(14-16(21)2)25(31)23-24(22-9-6-13-35-22)29(27(33)26(23)32)20-8-5-7-19(15-20)28-17(3)30/h5-11,13-15,24,31H,4,12H2,1-3H3,(H,28,30)/b25-23-. The van der Waals surface area contributed by atoms with Crippen LogP contribution in [0.25, 0.3) is 5.76 Å². The maximum absolute atomic E-state index is 13.2. The fourth-order valence-electron chi connectivity index (χ4n) is 4.08. The predicted octanol–water partition coefficient (Wildman–Crippen LogP) is 4.96. The zero-order valence-electron chi connectivity index (χ0n) is 19.7. The van der Waals surface area contributed by atoms with E-state index in [9.17, 15) is 19.5 Å². The second-order valence-electron chi connectivity index (χ2n) is 8.24. The van der Waals surface area contributed by atoms with Crippen LogP contribution in [0, 0.1) is 6.92 Å². The van der Waals surface area contributed by atoms with Gasteiger partial charge in [0.05, 0.1) is 18.4 Å². The summed E-state index contributed by atoms with van der Waals surface area (Å²) in [5, 5.41) is 13.9. The average Bonchev–Trinajstić information content (AvgIpc) is 3.44. The van der Waals surface area contributed by atoms with E-state index >= 15 is 0 Å². The second kappa shape index (κ2) is 9.89. The number of Topliss-reactive ketones (excluding diaryl/α,β-unsaturated/α-hetero) is 1. The first-order chi connectivity index (χ1) is 16.8. The van der Waals surface area contributed by atoms with Gasteiger partial charge in [-0.1, -0.05) is 13.0 Å². The van der Waals surface area contributed by atoms with Crippen LogP contribution in [0.4, 0.5) is 11.4 Å². The Morgan fingerprint density at radius 3 is 2.60 bits per heavy atom. The number of ether oxygens (including phenoxy) is 1. The molecule has 3 aromatic rings. The third-order valence-corrected chi connectivity index (χ3v) is 5.61. The lowest BCUT2D eigenvalue weighted by Crippen LogP contribution is -2.29. The smallest absolute Gasteiger partial charge is 0.300 e. The lowest BCUT2D eigenvalue weighted by Gasteiger charge is -2.24. The van der Waals surface area contributed by atoms with Gasteiger partial charge in [-0.2, -0.15) is 0 Å². The van der Waals surface area contributed by atoms with Crippen molar-refractivity contribution < 1.29 is 28.6 Å². The summed E-state index contributed by atoms with van der Waals surface area (Å²) in [4.78, 5) is 39.2. The zero-order valence-corrected chi connectivity index (χ0v) is 19.7. The molecule has 0 saturated carbocycles. The molecule has 1 saturated heterocycles. The molecule has 1 aromatic heterocycles. The van der Waals surface area contributed by atoms with Crippen LogP contribution in [0.15, 0.2) is 70.9 Å². The van der Waals surface area contributed by atoms with Gasteiger partial charge in [0.2, 0.25) is 5.91 Å². The summed E-state index contributed by atoms with van der Waals surface area (Å²) in [6.07, 6.45) is 2.30. The van der Waals surface area contributed by atoms with Crippen LogP contribution in [0.3, 0.4) is 0 Å². The first kappa shape index (κ1) is 23.8. The molecule has 2 aromatic carbocycles. The van der Waals surface area contributed by atoms with Gasteiger partial charge in [0.15, 0.2) is 0 Å². The minimum Gasteiger partial charge on any atom is -0.507 e. The third-order valence-electron chi connectivity index (χ3n) is 5.61. The van der Waals surface area contributed by atoms with E-state index in [0.717, 1.165) is 12.0 Å². The number of ketones is 1. The molecule has 1 aliphatic heterocycles. The van der Waals surface area contributed by atoms with E-state index in [0.29, 0.717) is 35.1 Å².